The number of para-hydroxylation sites is 1. The van der Waals surface area contributed by atoms with Crippen LogP contribution < -0.4 is 9.64 Å². The van der Waals surface area contributed by atoms with Crippen LogP contribution in [-0.2, 0) is 5.41 Å². The Labute approximate surface area is 157 Å². The Balaban J connectivity index is 1.71. The van der Waals surface area contributed by atoms with E-state index < -0.39 is 5.72 Å². The summed E-state index contributed by atoms with van der Waals surface area (Å²) < 4.78 is 6.64. The Morgan fingerprint density at radius 1 is 1.07 bits per heavy atom. The summed E-state index contributed by atoms with van der Waals surface area (Å²) in [5.41, 5.74) is 2.50. The molecule has 134 valence electrons. The van der Waals surface area contributed by atoms with Crippen molar-refractivity contribution >= 4 is 34.0 Å². The van der Waals surface area contributed by atoms with Gasteiger partial charge in [0.15, 0.2) is 0 Å². The molecule has 3 aromatic carbocycles. The van der Waals surface area contributed by atoms with Gasteiger partial charge in [-0.25, -0.2) is 0 Å². The standard InChI is InChI=1S/C22H19N3O2/c1-21(2)17-6-4-5-7-18(17)25(3)22(21)13-23-20-16-12-15(24-26)10-8-14(16)9-11-19(20)27-22/h4-13H,1-3H3. The number of anilines is 1. The Kier molecular flexibility index (Phi) is 3.06. The molecule has 0 radical (unpaired) electrons. The normalized spacial score (nSPS) is 21.8. The second-order valence-electron chi connectivity index (χ2n) is 7.67. The number of fused-ring (bicyclic) bond motifs is 4. The zero-order chi connectivity index (χ0) is 18.8. The van der Waals surface area contributed by atoms with Crippen LogP contribution in [0.3, 0.4) is 0 Å². The predicted molar refractivity (Wildman–Crippen MR) is 109 cm³/mol. The summed E-state index contributed by atoms with van der Waals surface area (Å²) in [6, 6.07) is 17.7. The third-order valence-electron chi connectivity index (χ3n) is 6.01. The number of hydrogen-bond donors (Lipinski definition) is 0. The maximum absolute atomic E-state index is 10.9. The van der Waals surface area contributed by atoms with Gasteiger partial charge in [0.25, 0.3) is 0 Å². The van der Waals surface area contributed by atoms with Crippen LogP contribution >= 0.6 is 0 Å². The van der Waals surface area contributed by atoms with Gasteiger partial charge in [-0.15, -0.1) is 4.91 Å². The quantitative estimate of drug-likeness (QED) is 0.544. The highest BCUT2D eigenvalue weighted by atomic mass is 16.5. The smallest absolute Gasteiger partial charge is 0.228 e. The van der Waals surface area contributed by atoms with E-state index in [0.29, 0.717) is 11.4 Å². The van der Waals surface area contributed by atoms with Crippen LogP contribution in [0.4, 0.5) is 17.1 Å². The van der Waals surface area contributed by atoms with Gasteiger partial charge in [-0.05, 0) is 54.2 Å². The number of nitroso groups, excluding NO2 is 1. The molecule has 0 amide bonds. The average Bonchev–Trinajstić information content (AvgIpc) is 2.86. The number of hydrogen-bond acceptors (Lipinski definition) is 5. The Morgan fingerprint density at radius 3 is 2.63 bits per heavy atom. The van der Waals surface area contributed by atoms with E-state index in [-0.39, 0.29) is 5.41 Å². The minimum atomic E-state index is -0.710. The van der Waals surface area contributed by atoms with Crippen molar-refractivity contribution in [2.45, 2.75) is 25.0 Å². The first-order chi connectivity index (χ1) is 13.0. The highest BCUT2D eigenvalue weighted by Gasteiger charge is 2.58. The molecule has 0 saturated carbocycles. The molecule has 3 aromatic rings. The van der Waals surface area contributed by atoms with Gasteiger partial charge >= 0.3 is 0 Å². The fourth-order valence-electron chi connectivity index (χ4n) is 4.42. The summed E-state index contributed by atoms with van der Waals surface area (Å²) >= 11 is 0. The second-order valence-corrected chi connectivity index (χ2v) is 7.67. The summed E-state index contributed by atoms with van der Waals surface area (Å²) in [4.78, 5) is 17.9. The minimum absolute atomic E-state index is 0.291. The molecule has 5 nitrogen and oxygen atoms in total. The van der Waals surface area contributed by atoms with Crippen LogP contribution in [0.5, 0.6) is 5.75 Å². The lowest BCUT2D eigenvalue weighted by molar-refractivity contribution is 0.0826. The van der Waals surface area contributed by atoms with Gasteiger partial charge in [0.2, 0.25) is 5.72 Å². The molecular weight excluding hydrogens is 338 g/mol. The summed E-state index contributed by atoms with van der Waals surface area (Å²) in [6.07, 6.45) is 1.90. The molecule has 2 aliphatic heterocycles. The van der Waals surface area contributed by atoms with Crippen molar-refractivity contribution in [2.24, 2.45) is 10.2 Å². The molecule has 0 aliphatic carbocycles. The van der Waals surface area contributed by atoms with E-state index >= 15 is 0 Å². The fourth-order valence-corrected chi connectivity index (χ4v) is 4.42. The van der Waals surface area contributed by atoms with Crippen LogP contribution in [0.25, 0.3) is 10.8 Å². The van der Waals surface area contributed by atoms with Crippen LogP contribution in [0.1, 0.15) is 19.4 Å². The molecule has 0 N–H and O–H groups in total. The van der Waals surface area contributed by atoms with E-state index in [1.807, 2.05) is 37.5 Å². The molecule has 2 aliphatic rings. The third-order valence-corrected chi connectivity index (χ3v) is 6.01. The Bertz CT molecular complexity index is 1140. The molecule has 5 rings (SSSR count). The zero-order valence-electron chi connectivity index (χ0n) is 15.4. The van der Waals surface area contributed by atoms with Crippen LogP contribution in [0.15, 0.2) is 64.8 Å². The fraction of sp³-hybridized carbons (Fsp3) is 0.227. The predicted octanol–water partition coefficient (Wildman–Crippen LogP) is 5.46. The topological polar surface area (TPSA) is 54.3 Å². The zero-order valence-corrected chi connectivity index (χ0v) is 15.4. The maximum Gasteiger partial charge on any atom is 0.228 e. The van der Waals surface area contributed by atoms with Crippen LogP contribution in [-0.4, -0.2) is 19.0 Å². The number of ether oxygens (including phenoxy) is 1. The molecule has 1 unspecified atom stereocenters. The Morgan fingerprint density at radius 2 is 1.85 bits per heavy atom. The number of nitrogens with zero attached hydrogens (tertiary/aromatic N) is 3. The molecule has 0 aromatic heterocycles. The number of likely N-dealkylation sites (N-methyl/N-ethyl adjacent to an activating group) is 1. The summed E-state index contributed by atoms with van der Waals surface area (Å²) in [7, 11) is 2.04. The molecular formula is C22H19N3O2. The van der Waals surface area contributed by atoms with Gasteiger partial charge in [0.1, 0.15) is 17.1 Å². The lowest BCUT2D eigenvalue weighted by Gasteiger charge is -2.45. The largest absolute Gasteiger partial charge is 0.459 e. The van der Waals surface area contributed by atoms with Crippen LogP contribution in [0, 0.1) is 4.91 Å². The first kappa shape index (κ1) is 16.0. The van der Waals surface area contributed by atoms with E-state index in [2.05, 4.69) is 42.1 Å². The minimum Gasteiger partial charge on any atom is -0.459 e. The van der Waals surface area contributed by atoms with Gasteiger partial charge in [0, 0.05) is 18.1 Å². The second kappa shape index (κ2) is 5.16. The highest BCUT2D eigenvalue weighted by molar-refractivity contribution is 6.01. The summed E-state index contributed by atoms with van der Waals surface area (Å²) in [6.45, 7) is 4.36. The molecule has 0 bridgehead atoms. The van der Waals surface area contributed by atoms with Crippen molar-refractivity contribution in [3.05, 3.63) is 65.1 Å². The van der Waals surface area contributed by atoms with E-state index in [4.69, 9.17) is 9.73 Å². The lowest BCUT2D eigenvalue weighted by atomic mass is 9.77. The number of rotatable bonds is 1. The summed E-state index contributed by atoms with van der Waals surface area (Å²) in [5.74, 6) is 0.709. The molecule has 1 atom stereocenters. The van der Waals surface area contributed by atoms with E-state index in [1.165, 1.54) is 5.56 Å². The Hall–Kier alpha value is -3.21. The highest BCUT2D eigenvalue weighted by Crippen LogP contribution is 2.54. The SMILES string of the molecule is CN1c2ccccc2C(C)(C)C12C=Nc1c(ccc3ccc(N=O)cc13)O2. The molecule has 0 fully saturated rings. The van der Waals surface area contributed by atoms with Crippen molar-refractivity contribution in [1.82, 2.24) is 0 Å². The molecule has 27 heavy (non-hydrogen) atoms. The van der Waals surface area contributed by atoms with Gasteiger partial charge < -0.3 is 9.64 Å². The van der Waals surface area contributed by atoms with E-state index in [1.54, 1.807) is 12.1 Å². The first-order valence-corrected chi connectivity index (χ1v) is 8.96. The first-order valence-electron chi connectivity index (χ1n) is 8.96. The van der Waals surface area contributed by atoms with Crippen molar-refractivity contribution in [3.8, 4) is 5.75 Å². The maximum atomic E-state index is 10.9. The van der Waals surface area contributed by atoms with Gasteiger partial charge in [-0.1, -0.05) is 30.3 Å². The molecule has 1 spiro atoms. The number of aliphatic imine (C=N–C) groups is 1. The van der Waals surface area contributed by atoms with E-state index in [9.17, 15) is 4.91 Å². The van der Waals surface area contributed by atoms with E-state index in [0.717, 1.165) is 22.1 Å². The van der Waals surface area contributed by atoms with Gasteiger partial charge in [-0.2, -0.15) is 0 Å². The van der Waals surface area contributed by atoms with Crippen molar-refractivity contribution in [3.63, 3.8) is 0 Å². The van der Waals surface area contributed by atoms with Crippen molar-refractivity contribution < 1.29 is 4.74 Å². The van der Waals surface area contributed by atoms with Gasteiger partial charge in [0.05, 0.1) is 11.6 Å². The lowest BCUT2D eigenvalue weighted by Crippen LogP contribution is -2.61. The molecule has 5 heteroatoms. The molecule has 0 saturated heterocycles. The average molecular weight is 357 g/mol. The summed E-state index contributed by atoms with van der Waals surface area (Å²) in [5, 5.41) is 4.92. The monoisotopic (exact) mass is 357 g/mol. The number of benzene rings is 3. The van der Waals surface area contributed by atoms with Crippen molar-refractivity contribution in [2.75, 3.05) is 11.9 Å². The van der Waals surface area contributed by atoms with Gasteiger partial charge in [-0.3, -0.25) is 4.99 Å². The third kappa shape index (κ3) is 1.91. The molecule has 2 heterocycles. The van der Waals surface area contributed by atoms with Crippen LogP contribution in [0.2, 0.25) is 0 Å². The van der Waals surface area contributed by atoms with Crippen molar-refractivity contribution in [1.29, 1.82) is 0 Å².